The van der Waals surface area contributed by atoms with Gasteiger partial charge in [-0.3, -0.25) is 14.7 Å². The maximum Gasteiger partial charge on any atom is 0.271 e. The smallest absolute Gasteiger partial charge is 0.271 e. The molecule has 1 aliphatic carbocycles. The number of likely N-dealkylation sites (N-methyl/N-ethyl adjacent to an activating group) is 1. The summed E-state index contributed by atoms with van der Waals surface area (Å²) in [7, 11) is 3.80. The molecule has 12 heteroatoms. The summed E-state index contributed by atoms with van der Waals surface area (Å²) >= 11 is 0. The quantitative estimate of drug-likeness (QED) is 0.289. The first-order valence-corrected chi connectivity index (χ1v) is 17.5. The molecule has 4 N–H and O–H groups in total. The lowest BCUT2D eigenvalue weighted by Gasteiger charge is -2.43. The Morgan fingerprint density at radius 1 is 1.04 bits per heavy atom. The molecule has 7 rings (SSSR count). The fourth-order valence-corrected chi connectivity index (χ4v) is 7.58. The molecule has 1 saturated carbocycles. The SMILES string of the molecule is CCc1cc(Nc2nc(NC3CCOC4(CC4)C3)c(-c3ncccc3OC)nc2C(N)=O)ccc1N1CCC(N2CCN(C)CC2)CC1. The Hall–Kier alpha value is -4.00. The minimum atomic E-state index is -0.675. The maximum atomic E-state index is 12.9. The lowest BCUT2D eigenvalue weighted by molar-refractivity contribution is -0.00884. The summed E-state index contributed by atoms with van der Waals surface area (Å²) in [5.74, 6) is 0.691. The third-order valence-electron chi connectivity index (χ3n) is 10.6. The Kier molecular flexibility index (Phi) is 9.39. The van der Waals surface area contributed by atoms with Crippen molar-refractivity contribution in [1.29, 1.82) is 0 Å². The zero-order valence-electron chi connectivity index (χ0n) is 28.5. The van der Waals surface area contributed by atoms with E-state index >= 15 is 0 Å². The van der Waals surface area contributed by atoms with Crippen molar-refractivity contribution in [2.45, 2.75) is 69.6 Å². The molecule has 0 bridgehead atoms. The van der Waals surface area contributed by atoms with Crippen molar-refractivity contribution in [1.82, 2.24) is 24.8 Å². The van der Waals surface area contributed by atoms with Crippen LogP contribution < -0.4 is 26.0 Å². The number of ether oxygens (including phenoxy) is 2. The molecule has 1 amide bonds. The van der Waals surface area contributed by atoms with Crippen molar-refractivity contribution < 1.29 is 14.3 Å². The van der Waals surface area contributed by atoms with Gasteiger partial charge < -0.3 is 35.6 Å². The third-order valence-corrected chi connectivity index (χ3v) is 10.6. The standard InChI is InChI=1S/C36H49N9O3/c1-4-24-22-25(7-8-28(24)45-15-9-27(10-16-45)44-19-17-43(2)18-20-44)39-35-32(33(37)46)41-31(30-29(47-3)6-5-14-38-30)34(42-35)40-26-11-21-48-36(23-26)12-13-36/h5-8,14,22,26-27H,4,9-13,15-21,23H2,1-3H3,(H2,37,46)(H2,39,40,42). The zero-order chi connectivity index (χ0) is 33.3. The van der Waals surface area contributed by atoms with E-state index in [1.165, 1.54) is 37.2 Å². The highest BCUT2D eigenvalue weighted by Crippen LogP contribution is 2.47. The van der Waals surface area contributed by atoms with E-state index in [4.69, 9.17) is 25.2 Å². The molecular weight excluding hydrogens is 606 g/mol. The fourth-order valence-electron chi connectivity index (χ4n) is 7.58. The second kappa shape index (κ2) is 13.9. The van der Waals surface area contributed by atoms with E-state index in [1.807, 2.05) is 6.07 Å². The maximum absolute atomic E-state index is 12.9. The normalized spacial score (nSPS) is 21.6. The van der Waals surface area contributed by atoms with Gasteiger partial charge in [-0.05, 0) is 87.9 Å². The number of piperidine rings is 1. The Balaban J connectivity index is 1.15. The number of anilines is 4. The van der Waals surface area contributed by atoms with Gasteiger partial charge in [-0.15, -0.1) is 0 Å². The predicted octanol–water partition coefficient (Wildman–Crippen LogP) is 4.29. The van der Waals surface area contributed by atoms with Crippen LogP contribution in [0, 0.1) is 0 Å². The summed E-state index contributed by atoms with van der Waals surface area (Å²) < 4.78 is 11.7. The van der Waals surface area contributed by atoms with Crippen LogP contribution in [0.5, 0.6) is 5.75 Å². The number of nitrogens with two attached hydrogens (primary N) is 1. The molecule has 2 aromatic heterocycles. The summed E-state index contributed by atoms with van der Waals surface area (Å²) in [5.41, 5.74) is 10.2. The fraction of sp³-hybridized carbons (Fsp3) is 0.556. The minimum Gasteiger partial charge on any atom is -0.494 e. The molecule has 3 aromatic rings. The van der Waals surface area contributed by atoms with Crippen LogP contribution in [0.1, 0.15) is 61.5 Å². The second-order valence-electron chi connectivity index (χ2n) is 13.8. The highest BCUT2D eigenvalue weighted by Gasteiger charge is 2.48. The number of piperazine rings is 1. The van der Waals surface area contributed by atoms with E-state index in [-0.39, 0.29) is 17.3 Å². The molecule has 1 unspecified atom stereocenters. The van der Waals surface area contributed by atoms with Crippen molar-refractivity contribution >= 4 is 28.9 Å². The molecule has 3 aliphatic heterocycles. The first-order chi connectivity index (χ1) is 23.3. The van der Waals surface area contributed by atoms with E-state index in [1.54, 1.807) is 19.4 Å². The number of carbonyl (C=O) groups is 1. The Labute approximate surface area is 283 Å². The van der Waals surface area contributed by atoms with Gasteiger partial charge in [0.1, 0.15) is 17.1 Å². The molecule has 4 fully saturated rings. The molecule has 1 aromatic carbocycles. The van der Waals surface area contributed by atoms with Gasteiger partial charge in [0.05, 0.1) is 12.7 Å². The van der Waals surface area contributed by atoms with Crippen molar-refractivity contribution in [2.75, 3.05) is 75.6 Å². The van der Waals surface area contributed by atoms with Crippen LogP contribution in [0.15, 0.2) is 36.5 Å². The van der Waals surface area contributed by atoms with Crippen LogP contribution >= 0.6 is 0 Å². The number of nitrogens with zero attached hydrogens (tertiary/aromatic N) is 6. The molecule has 4 aliphatic rings. The number of carbonyl (C=O) groups excluding carboxylic acids is 1. The summed E-state index contributed by atoms with van der Waals surface area (Å²) in [6.07, 6.45) is 8.82. The van der Waals surface area contributed by atoms with Crippen LogP contribution in [0.2, 0.25) is 0 Å². The third kappa shape index (κ3) is 6.92. The molecule has 1 atom stereocenters. The number of primary amides is 1. The highest BCUT2D eigenvalue weighted by atomic mass is 16.5. The topological polar surface area (TPSA) is 134 Å². The molecule has 256 valence electrons. The van der Waals surface area contributed by atoms with E-state index in [0.717, 1.165) is 64.0 Å². The molecule has 0 radical (unpaired) electrons. The largest absolute Gasteiger partial charge is 0.494 e. The number of amides is 1. The van der Waals surface area contributed by atoms with Gasteiger partial charge in [-0.25, -0.2) is 9.97 Å². The zero-order valence-corrected chi connectivity index (χ0v) is 28.5. The van der Waals surface area contributed by atoms with Crippen LogP contribution in [0.25, 0.3) is 11.4 Å². The van der Waals surface area contributed by atoms with E-state index in [9.17, 15) is 4.79 Å². The highest BCUT2D eigenvalue weighted by molar-refractivity contribution is 5.97. The van der Waals surface area contributed by atoms with Crippen molar-refractivity contribution in [3.63, 3.8) is 0 Å². The van der Waals surface area contributed by atoms with Gasteiger partial charge in [0, 0.05) is 75.5 Å². The van der Waals surface area contributed by atoms with Gasteiger partial charge in [-0.1, -0.05) is 6.92 Å². The molecule has 1 spiro atoms. The van der Waals surface area contributed by atoms with Gasteiger partial charge in [0.25, 0.3) is 5.91 Å². The van der Waals surface area contributed by atoms with E-state index in [2.05, 4.69) is 62.5 Å². The van der Waals surface area contributed by atoms with Crippen molar-refractivity contribution in [3.05, 3.63) is 47.8 Å². The lowest BCUT2D eigenvalue weighted by atomic mass is 10.00. The Morgan fingerprint density at radius 3 is 2.54 bits per heavy atom. The van der Waals surface area contributed by atoms with Gasteiger partial charge in [-0.2, -0.15) is 0 Å². The summed E-state index contributed by atoms with van der Waals surface area (Å²) in [6.45, 7) is 9.63. The van der Waals surface area contributed by atoms with Crippen molar-refractivity contribution in [3.8, 4) is 17.1 Å². The Morgan fingerprint density at radius 2 is 1.83 bits per heavy atom. The number of hydrogen-bond donors (Lipinski definition) is 3. The number of aryl methyl sites for hydroxylation is 1. The number of rotatable bonds is 10. The molecular formula is C36H49N9O3. The Bertz CT molecular complexity index is 1610. The van der Waals surface area contributed by atoms with Crippen LogP contribution in [0.3, 0.4) is 0 Å². The number of aromatic nitrogens is 3. The second-order valence-corrected chi connectivity index (χ2v) is 13.8. The first kappa shape index (κ1) is 32.5. The van der Waals surface area contributed by atoms with Gasteiger partial charge in [0.15, 0.2) is 17.3 Å². The monoisotopic (exact) mass is 655 g/mol. The van der Waals surface area contributed by atoms with Crippen LogP contribution in [0.4, 0.5) is 23.0 Å². The molecule has 12 nitrogen and oxygen atoms in total. The van der Waals surface area contributed by atoms with Crippen molar-refractivity contribution in [2.24, 2.45) is 5.73 Å². The number of hydrogen-bond acceptors (Lipinski definition) is 11. The molecule has 3 saturated heterocycles. The van der Waals surface area contributed by atoms with E-state index in [0.29, 0.717) is 41.4 Å². The average Bonchev–Trinajstić information content (AvgIpc) is 3.86. The van der Waals surface area contributed by atoms with Crippen LogP contribution in [-0.2, 0) is 11.2 Å². The summed E-state index contributed by atoms with van der Waals surface area (Å²) in [6, 6.07) is 10.8. The minimum absolute atomic E-state index is 0.0292. The average molecular weight is 656 g/mol. The number of nitrogens with one attached hydrogen (secondary N) is 2. The molecule has 48 heavy (non-hydrogen) atoms. The number of pyridine rings is 1. The lowest BCUT2D eigenvalue weighted by Crippen LogP contribution is -2.52. The van der Waals surface area contributed by atoms with Gasteiger partial charge in [0.2, 0.25) is 0 Å². The van der Waals surface area contributed by atoms with E-state index < -0.39 is 5.91 Å². The number of benzene rings is 1. The van der Waals surface area contributed by atoms with Gasteiger partial charge >= 0.3 is 0 Å². The molecule has 5 heterocycles. The van der Waals surface area contributed by atoms with Crippen LogP contribution in [-0.4, -0.2) is 108 Å². The first-order valence-electron chi connectivity index (χ1n) is 17.5. The summed E-state index contributed by atoms with van der Waals surface area (Å²) in [5, 5.41) is 7.04. The predicted molar refractivity (Wildman–Crippen MR) is 188 cm³/mol. The summed E-state index contributed by atoms with van der Waals surface area (Å²) in [4.78, 5) is 34.9. The number of methoxy groups -OCH3 is 1.